The van der Waals surface area contributed by atoms with Gasteiger partial charge < -0.3 is 59.6 Å². The molecule has 0 aliphatic carbocycles. The topological polar surface area (TPSA) is 271 Å². The van der Waals surface area contributed by atoms with Gasteiger partial charge in [-0.05, 0) is 431 Å². The van der Waals surface area contributed by atoms with E-state index in [4.69, 9.17) is 38.5 Å². The number of piperazine rings is 2. The summed E-state index contributed by atoms with van der Waals surface area (Å²) in [5.74, 6) is 2.93. The molecule has 1 amide bonds. The first-order valence-corrected chi connectivity index (χ1v) is 46.2. The summed E-state index contributed by atoms with van der Waals surface area (Å²) in [5, 5.41) is 49.8. The molecule has 0 saturated carbocycles. The molecule has 2 saturated heterocycles. The number of amides is 1. The molecule has 0 atom stereocenters. The van der Waals surface area contributed by atoms with Crippen molar-refractivity contribution in [3.8, 4) is 40.2 Å². The summed E-state index contributed by atoms with van der Waals surface area (Å²) in [7, 11) is -3.71. The van der Waals surface area contributed by atoms with Crippen molar-refractivity contribution in [3.05, 3.63) is 173 Å². The van der Waals surface area contributed by atoms with E-state index in [0.29, 0.717) is 49.6 Å². The average molecular weight is 2790 g/mol. The molecule has 2 heterocycles. The molecule has 2 aliphatic rings. The van der Waals surface area contributed by atoms with Gasteiger partial charge in [0.2, 0.25) is 0 Å². The Kier molecular flexibility index (Phi) is 41.0. The number of Topliss-reactive ketones (excluding diaryl/α,β-unsaturated/α-hetero) is 2. The zero-order valence-electron chi connectivity index (χ0n) is 56.4. The number of ketones is 2. The fraction of sp³-hybridized carbons (Fsp3) is 0.352. The molecule has 0 radical (unpaired) electrons. The van der Waals surface area contributed by atoms with Crippen molar-refractivity contribution in [2.75, 3.05) is 91.9 Å². The summed E-state index contributed by atoms with van der Waals surface area (Å²) in [6, 6.07) is 29.6. The quantitative estimate of drug-likeness (QED) is 0.0176. The number of phenols is 2. The van der Waals surface area contributed by atoms with Crippen molar-refractivity contribution >= 4 is 305 Å². The lowest BCUT2D eigenvalue weighted by Gasteiger charge is -2.35. The second-order valence-electron chi connectivity index (χ2n) is 24.4. The minimum absolute atomic E-state index is 0.0126. The Balaban J connectivity index is 0.000000220. The second kappa shape index (κ2) is 45.8. The number of phenolic OH excluding ortho intramolecular Hbond substituents is 2. The average Bonchev–Trinajstić information content (AvgIpc) is 0.814. The molecule has 2 fully saturated rings. The molecule has 0 spiro atoms. The van der Waals surface area contributed by atoms with Crippen LogP contribution in [0.25, 0.3) is 0 Å². The van der Waals surface area contributed by atoms with Gasteiger partial charge in [-0.25, -0.2) is 4.79 Å². The lowest BCUT2D eigenvalue weighted by molar-refractivity contribution is -0.136. The molecule has 0 unspecified atom stereocenters. The van der Waals surface area contributed by atoms with Crippen molar-refractivity contribution in [1.29, 1.82) is 0 Å². The Hall–Kier alpha value is 0.0900. The van der Waals surface area contributed by atoms with E-state index in [1.807, 2.05) is 52.0 Å². The Morgan fingerprint density at radius 2 is 0.885 bits per heavy atom. The number of aromatic hydroxyl groups is 2. The summed E-state index contributed by atoms with van der Waals surface area (Å²) in [6.45, 7) is 16.4. The van der Waals surface area contributed by atoms with Gasteiger partial charge in [-0.3, -0.25) is 23.5 Å². The number of aliphatic hydroxyl groups is 2. The van der Waals surface area contributed by atoms with E-state index in [2.05, 4.69) is 310 Å². The monoisotopic (exact) mass is 2790 g/mol. The van der Waals surface area contributed by atoms with Gasteiger partial charge in [0.05, 0.1) is 60.2 Å². The first-order valence-electron chi connectivity index (χ1n) is 31.8. The zero-order chi connectivity index (χ0) is 76.8. The van der Waals surface area contributed by atoms with Crippen LogP contribution in [-0.2, 0) is 59.1 Å². The van der Waals surface area contributed by atoms with Gasteiger partial charge in [0.15, 0.2) is 23.1 Å². The molecule has 9 rings (SSSR count). The van der Waals surface area contributed by atoms with Crippen molar-refractivity contribution in [3.63, 3.8) is 0 Å². The third-order valence-corrected chi connectivity index (χ3v) is 26.3. The lowest BCUT2D eigenvalue weighted by Crippen LogP contribution is -2.50. The van der Waals surface area contributed by atoms with E-state index < -0.39 is 34.9 Å². The van der Waals surface area contributed by atoms with Crippen LogP contribution in [0.15, 0.2) is 102 Å². The van der Waals surface area contributed by atoms with E-state index in [9.17, 15) is 37.8 Å². The number of carboxylic acids is 1. The van der Waals surface area contributed by atoms with Crippen molar-refractivity contribution in [1.82, 2.24) is 20.0 Å². The largest absolute Gasteiger partial charge is 0.506 e. The standard InChI is InChI=1S/C23H26I4N2O3.C19H30N2O5S.C15H10I4O4.C14H8I4O4/c24-19-10-15(8-17(31)14-30)11-20(25)18(19)9-16-12-21(26)23(22(27)13-16)32-7-1-4-29-5-2-28-3-6-29;1-16-6-8-17(9-7-16)27(23,24)25-15-5-10-20-11-13-21(14-12-20)18(22)26-19(2,3)4;16-10-4-9(5-11(17)14(10)22)23-15-12(18)2-7(3-13(15)19)1-8(21)6-20;15-8-4-7(5-9(16)13(8)21)22-14-10(17)1-6(2-11(14)18)3-12(19)20/h10-13,28,30H,1-9,14H2;6-9H,5,10-15H2,1-4H3;2-5,20,22H,1,6H2;1-2,4-5,21H,3H2,(H,19,20). The van der Waals surface area contributed by atoms with Gasteiger partial charge in [-0.15, -0.1) is 0 Å². The molecule has 0 bridgehead atoms. The molecule has 20 nitrogen and oxygen atoms in total. The number of aryl methyl sites for hydroxylation is 1. The number of halogens is 12. The highest BCUT2D eigenvalue weighted by Gasteiger charge is 2.27. The number of hydrogen-bond donors (Lipinski definition) is 6. The first kappa shape index (κ1) is 93.0. The van der Waals surface area contributed by atoms with Crippen LogP contribution in [0.1, 0.15) is 67.0 Å². The van der Waals surface area contributed by atoms with Crippen LogP contribution in [0.3, 0.4) is 0 Å². The van der Waals surface area contributed by atoms with Crippen LogP contribution in [0.5, 0.6) is 40.2 Å². The number of carbonyl (C=O) groups is 4. The van der Waals surface area contributed by atoms with Crippen LogP contribution in [0.4, 0.5) is 4.79 Å². The third kappa shape index (κ3) is 31.5. The molecule has 7 aromatic carbocycles. The molecular weight excluding hydrogens is 2720 g/mol. The van der Waals surface area contributed by atoms with Crippen LogP contribution < -0.4 is 19.5 Å². The number of aliphatic carboxylic acids is 1. The second-order valence-corrected chi connectivity index (χ2v) is 40.0. The SMILES string of the molecule is Cc1ccc(S(=O)(=O)OCCCN2CCN(C(=O)OC(C)(C)C)CC2)cc1.O=C(CO)Cc1cc(I)c(Cc2cc(I)c(OCCCN3CCNCC3)c(I)c2)c(I)c1.O=C(CO)Cc1cc(I)c(Oc2cc(I)c(O)c(I)c2)c(I)c1.O=C(O)Cc1cc(I)c(Oc2cc(I)c(O)c(I)c2)c(I)c1. The number of nitrogens with zero attached hydrogens (tertiary/aromatic N) is 3. The molecule has 2 aliphatic heterocycles. The predicted molar refractivity (Wildman–Crippen MR) is 503 cm³/mol. The summed E-state index contributed by atoms with van der Waals surface area (Å²) in [6.07, 6.45) is 2.67. The Labute approximate surface area is 770 Å². The van der Waals surface area contributed by atoms with Gasteiger partial charge in [0.25, 0.3) is 10.1 Å². The van der Waals surface area contributed by atoms with E-state index in [0.717, 1.165) is 136 Å². The van der Waals surface area contributed by atoms with E-state index >= 15 is 0 Å². The van der Waals surface area contributed by atoms with Crippen LogP contribution in [-0.4, -0.2) is 170 Å². The Morgan fingerprint density at radius 1 is 0.500 bits per heavy atom. The molecule has 6 N–H and O–H groups in total. The summed E-state index contributed by atoms with van der Waals surface area (Å²) >= 11 is 26.3. The molecule has 104 heavy (non-hydrogen) atoms. The lowest BCUT2D eigenvalue weighted by atomic mass is 10.0. The van der Waals surface area contributed by atoms with Gasteiger partial charge >= 0.3 is 12.1 Å². The highest BCUT2D eigenvalue weighted by molar-refractivity contribution is 14.1. The number of ether oxygens (including phenoxy) is 4. The number of nitrogens with one attached hydrogen (secondary N) is 1. The molecule has 7 aromatic rings. The van der Waals surface area contributed by atoms with Gasteiger partial charge in [0.1, 0.15) is 47.6 Å². The number of aliphatic hydroxyl groups excluding tert-OH is 2. The summed E-state index contributed by atoms with van der Waals surface area (Å²) in [4.78, 5) is 52.4. The number of carbonyl (C=O) groups excluding carboxylic acids is 3. The fourth-order valence-corrected chi connectivity index (χ4v) is 23.0. The van der Waals surface area contributed by atoms with Gasteiger partial charge in [-0.2, -0.15) is 8.42 Å². The fourth-order valence-electron chi connectivity index (χ4n) is 9.89. The maximum Gasteiger partial charge on any atom is 0.410 e. The third-order valence-electron chi connectivity index (χ3n) is 15.0. The molecule has 0 aromatic heterocycles. The van der Waals surface area contributed by atoms with Crippen LogP contribution >= 0.6 is 271 Å². The maximum atomic E-state index is 12.1. The molecule has 564 valence electrons. The van der Waals surface area contributed by atoms with E-state index in [-0.39, 0.29) is 59.9 Å². The van der Waals surface area contributed by atoms with Gasteiger partial charge in [0, 0.05) is 85.4 Å². The smallest absolute Gasteiger partial charge is 0.410 e. The van der Waals surface area contributed by atoms with E-state index in [1.54, 1.807) is 53.4 Å². The maximum absolute atomic E-state index is 12.1. The minimum atomic E-state index is -3.71. The number of rotatable bonds is 25. The molecular formula is C71H74I12N4O16S. The summed E-state index contributed by atoms with van der Waals surface area (Å²) in [5.41, 5.74) is 5.57. The number of benzene rings is 7. The number of hydrogen-bond acceptors (Lipinski definition) is 18. The Bertz CT molecular complexity index is 4120. The normalized spacial score (nSPS) is 13.3. The van der Waals surface area contributed by atoms with Crippen molar-refractivity contribution < 1.29 is 76.3 Å². The predicted octanol–water partition coefficient (Wildman–Crippen LogP) is 17.1. The first-order chi connectivity index (χ1) is 49.0. The zero-order valence-corrected chi connectivity index (χ0v) is 83.1. The number of carboxylic acid groups (broad SMARTS) is 1. The van der Waals surface area contributed by atoms with E-state index in [1.165, 1.54) is 11.1 Å². The Morgan fingerprint density at radius 3 is 1.30 bits per heavy atom. The van der Waals surface area contributed by atoms with Crippen LogP contribution in [0, 0.1) is 49.8 Å². The minimum Gasteiger partial charge on any atom is -0.506 e. The van der Waals surface area contributed by atoms with Crippen molar-refractivity contribution in [2.45, 2.75) is 76.7 Å². The van der Waals surface area contributed by atoms with Crippen molar-refractivity contribution in [2.24, 2.45) is 0 Å². The highest BCUT2D eigenvalue weighted by atomic mass is 127. The highest BCUT2D eigenvalue weighted by Crippen LogP contribution is 2.40. The molecule has 33 heteroatoms. The van der Waals surface area contributed by atoms with Crippen LogP contribution in [0.2, 0.25) is 0 Å². The summed E-state index contributed by atoms with van der Waals surface area (Å²) < 4.78 is 63.7. The van der Waals surface area contributed by atoms with Gasteiger partial charge in [-0.1, -0.05) is 17.7 Å².